The molecule has 0 radical (unpaired) electrons. The van der Waals surface area contributed by atoms with Gasteiger partial charge in [0, 0.05) is 31.1 Å². The van der Waals surface area contributed by atoms with Crippen LogP contribution >= 0.6 is 24.0 Å². The van der Waals surface area contributed by atoms with Crippen molar-refractivity contribution in [3.05, 3.63) is 35.9 Å². The molecule has 3 N–H and O–H groups in total. The third-order valence-electron chi connectivity index (χ3n) is 4.92. The van der Waals surface area contributed by atoms with Crippen molar-refractivity contribution in [2.24, 2.45) is 4.99 Å². The third-order valence-corrected chi connectivity index (χ3v) is 5.85. The Balaban J connectivity index is 0.00000364. The molecule has 1 aliphatic carbocycles. The summed E-state index contributed by atoms with van der Waals surface area (Å²) >= 11 is 0. The molecular weight excluding hydrogens is 475 g/mol. The molecule has 8 heteroatoms. The van der Waals surface area contributed by atoms with Crippen LogP contribution in [0.3, 0.4) is 0 Å². The van der Waals surface area contributed by atoms with Crippen molar-refractivity contribution in [2.75, 3.05) is 26.4 Å². The summed E-state index contributed by atoms with van der Waals surface area (Å²) in [6.45, 7) is 4.95. The Morgan fingerprint density at radius 2 is 1.74 bits per heavy atom. The van der Waals surface area contributed by atoms with E-state index < -0.39 is 15.6 Å². The summed E-state index contributed by atoms with van der Waals surface area (Å²) in [5.41, 5.74) is 0.911. The van der Waals surface area contributed by atoms with E-state index in [-0.39, 0.29) is 29.4 Å². The van der Waals surface area contributed by atoms with Gasteiger partial charge in [0.05, 0.1) is 6.26 Å². The SMILES string of the molecule is CN=C(NCC(C)(C)NS(C)(=O)=O)NCC1(c2ccccc2)CCCC1.I. The Labute approximate surface area is 181 Å². The van der Waals surface area contributed by atoms with E-state index in [4.69, 9.17) is 0 Å². The second-order valence-corrected chi connectivity index (χ2v) is 9.64. The highest BCUT2D eigenvalue weighted by atomic mass is 127. The van der Waals surface area contributed by atoms with Crippen molar-refractivity contribution in [3.63, 3.8) is 0 Å². The van der Waals surface area contributed by atoms with Gasteiger partial charge in [-0.25, -0.2) is 13.1 Å². The molecule has 0 aliphatic heterocycles. The topological polar surface area (TPSA) is 82.6 Å². The van der Waals surface area contributed by atoms with Crippen LogP contribution < -0.4 is 15.4 Å². The lowest BCUT2D eigenvalue weighted by Crippen LogP contribution is -2.54. The molecule has 6 nitrogen and oxygen atoms in total. The minimum atomic E-state index is -3.26. The summed E-state index contributed by atoms with van der Waals surface area (Å²) in [5.74, 6) is 0.690. The molecule has 0 bridgehead atoms. The standard InChI is InChI=1S/C19H32N4O2S.HI/c1-18(2,23-26(4,24)25)14-21-17(20-3)22-15-19(12-8-9-13-19)16-10-6-5-7-11-16;/h5-7,10-11,23H,8-9,12-15H2,1-4H3,(H2,20,21,22);1H. The van der Waals surface area contributed by atoms with Gasteiger partial charge in [0.2, 0.25) is 10.0 Å². The van der Waals surface area contributed by atoms with Crippen LogP contribution in [-0.2, 0) is 15.4 Å². The number of rotatable bonds is 7. The quantitative estimate of drug-likeness (QED) is 0.301. The lowest BCUT2D eigenvalue weighted by atomic mass is 9.79. The van der Waals surface area contributed by atoms with E-state index in [0.717, 1.165) is 6.54 Å². The number of sulfonamides is 1. The molecule has 27 heavy (non-hydrogen) atoms. The molecule has 154 valence electrons. The maximum absolute atomic E-state index is 11.5. The van der Waals surface area contributed by atoms with Gasteiger partial charge in [-0.15, -0.1) is 24.0 Å². The highest BCUT2D eigenvalue weighted by molar-refractivity contribution is 14.0. The smallest absolute Gasteiger partial charge is 0.209 e. The van der Waals surface area contributed by atoms with Crippen LogP contribution in [0.5, 0.6) is 0 Å². The van der Waals surface area contributed by atoms with Gasteiger partial charge in [0.25, 0.3) is 0 Å². The maximum Gasteiger partial charge on any atom is 0.209 e. The van der Waals surface area contributed by atoms with Crippen molar-refractivity contribution >= 4 is 40.0 Å². The van der Waals surface area contributed by atoms with E-state index in [1.165, 1.54) is 37.5 Å². The number of hydrogen-bond donors (Lipinski definition) is 3. The molecule has 0 amide bonds. The predicted molar refractivity (Wildman–Crippen MR) is 123 cm³/mol. The van der Waals surface area contributed by atoms with Gasteiger partial charge in [0.15, 0.2) is 5.96 Å². The van der Waals surface area contributed by atoms with Gasteiger partial charge < -0.3 is 10.6 Å². The number of nitrogens with zero attached hydrogens (tertiary/aromatic N) is 1. The summed E-state index contributed by atoms with van der Waals surface area (Å²) in [4.78, 5) is 4.29. The van der Waals surface area contributed by atoms with E-state index in [9.17, 15) is 8.42 Å². The molecule has 1 aromatic rings. The predicted octanol–water partition coefficient (Wildman–Crippen LogP) is 2.61. The summed E-state index contributed by atoms with van der Waals surface area (Å²) in [6.07, 6.45) is 6.00. The van der Waals surface area contributed by atoms with Gasteiger partial charge in [0.1, 0.15) is 0 Å². The van der Waals surface area contributed by atoms with Crippen LogP contribution in [0, 0.1) is 0 Å². The molecule has 1 aromatic carbocycles. The molecule has 0 spiro atoms. The zero-order valence-corrected chi connectivity index (χ0v) is 19.9. The zero-order valence-electron chi connectivity index (χ0n) is 16.7. The van der Waals surface area contributed by atoms with Crippen LogP contribution in [0.25, 0.3) is 0 Å². The average molecular weight is 508 g/mol. The number of hydrogen-bond acceptors (Lipinski definition) is 3. The van der Waals surface area contributed by atoms with Crippen molar-refractivity contribution in [1.29, 1.82) is 0 Å². The highest BCUT2D eigenvalue weighted by Crippen LogP contribution is 2.40. The van der Waals surface area contributed by atoms with Crippen LogP contribution in [0.4, 0.5) is 0 Å². The van der Waals surface area contributed by atoms with Crippen LogP contribution in [0.2, 0.25) is 0 Å². The van der Waals surface area contributed by atoms with Crippen LogP contribution in [0.15, 0.2) is 35.3 Å². The van der Waals surface area contributed by atoms with E-state index in [0.29, 0.717) is 12.5 Å². The Bertz CT molecular complexity index is 714. The fourth-order valence-corrected chi connectivity index (χ4v) is 4.80. The first kappa shape index (κ1) is 24.2. The van der Waals surface area contributed by atoms with Gasteiger partial charge in [-0.2, -0.15) is 0 Å². The van der Waals surface area contributed by atoms with Crippen LogP contribution in [0.1, 0.15) is 45.1 Å². The van der Waals surface area contributed by atoms with E-state index >= 15 is 0 Å². The van der Waals surface area contributed by atoms with Crippen molar-refractivity contribution in [3.8, 4) is 0 Å². The summed E-state index contributed by atoms with van der Waals surface area (Å²) < 4.78 is 25.6. The monoisotopic (exact) mass is 508 g/mol. The molecule has 1 fully saturated rings. The van der Waals surface area contributed by atoms with Gasteiger partial charge in [-0.3, -0.25) is 4.99 Å². The van der Waals surface area contributed by atoms with Crippen molar-refractivity contribution in [2.45, 2.75) is 50.5 Å². The highest BCUT2D eigenvalue weighted by Gasteiger charge is 2.35. The summed E-state index contributed by atoms with van der Waals surface area (Å²) in [7, 11) is -1.53. The third kappa shape index (κ3) is 7.57. The lowest BCUT2D eigenvalue weighted by molar-refractivity contribution is 0.424. The first-order valence-electron chi connectivity index (χ1n) is 9.15. The minimum Gasteiger partial charge on any atom is -0.356 e. The summed E-state index contributed by atoms with van der Waals surface area (Å²) in [6, 6.07) is 10.7. The molecule has 0 atom stereocenters. The molecule has 0 aromatic heterocycles. The minimum absolute atomic E-state index is 0. The van der Waals surface area contributed by atoms with E-state index in [1.807, 2.05) is 13.8 Å². The zero-order chi connectivity index (χ0) is 19.3. The second-order valence-electron chi connectivity index (χ2n) is 7.89. The Kier molecular flexibility index (Phi) is 9.01. The van der Waals surface area contributed by atoms with Crippen molar-refractivity contribution < 1.29 is 8.42 Å². The van der Waals surface area contributed by atoms with Gasteiger partial charge >= 0.3 is 0 Å². The normalized spacial score (nSPS) is 17.3. The number of halogens is 1. The number of benzene rings is 1. The molecule has 0 heterocycles. The Morgan fingerprint density at radius 3 is 2.26 bits per heavy atom. The van der Waals surface area contributed by atoms with E-state index in [2.05, 4.69) is 50.7 Å². The molecule has 0 saturated heterocycles. The second kappa shape index (κ2) is 10.1. The van der Waals surface area contributed by atoms with Crippen molar-refractivity contribution in [1.82, 2.24) is 15.4 Å². The molecule has 2 rings (SSSR count). The molecule has 1 aliphatic rings. The number of guanidine groups is 1. The lowest BCUT2D eigenvalue weighted by Gasteiger charge is -2.32. The Morgan fingerprint density at radius 1 is 1.15 bits per heavy atom. The fraction of sp³-hybridized carbons (Fsp3) is 0.632. The van der Waals surface area contributed by atoms with Gasteiger partial charge in [-0.1, -0.05) is 43.2 Å². The van der Waals surface area contributed by atoms with E-state index in [1.54, 1.807) is 7.05 Å². The average Bonchev–Trinajstić information content (AvgIpc) is 3.04. The number of nitrogens with one attached hydrogen (secondary N) is 3. The first-order valence-corrected chi connectivity index (χ1v) is 11.0. The maximum atomic E-state index is 11.5. The largest absolute Gasteiger partial charge is 0.356 e. The molecule has 1 saturated carbocycles. The number of aliphatic imine (C=N–C) groups is 1. The summed E-state index contributed by atoms with van der Waals surface area (Å²) in [5, 5.41) is 6.68. The fourth-order valence-electron chi connectivity index (χ4n) is 3.73. The van der Waals surface area contributed by atoms with Crippen LogP contribution in [-0.4, -0.2) is 46.3 Å². The molecule has 0 unspecified atom stereocenters. The Hall–Kier alpha value is -0.870. The van der Waals surface area contributed by atoms with Gasteiger partial charge in [-0.05, 0) is 32.3 Å². The first-order chi connectivity index (χ1) is 12.2. The molecular formula is C19H33IN4O2S.